The Labute approximate surface area is 128 Å². The SMILES string of the molecule is CC[C@H](NC(=O)Nc1ccc(F)cc1)c1ccc(Cl)cc1. The first-order valence-corrected chi connectivity index (χ1v) is 7.05. The average molecular weight is 307 g/mol. The van der Waals surface area contributed by atoms with Crippen molar-refractivity contribution in [1.29, 1.82) is 0 Å². The standard InChI is InChI=1S/C16H16ClFN2O/c1-2-15(11-3-5-12(17)6-4-11)20-16(21)19-14-9-7-13(18)8-10-14/h3-10,15H,2H2,1H3,(H2,19,20,21)/t15-/m0/s1. The fourth-order valence-corrected chi connectivity index (χ4v) is 2.10. The maximum atomic E-state index is 12.8. The molecule has 0 saturated carbocycles. The molecule has 2 rings (SSSR count). The minimum atomic E-state index is -0.339. The van der Waals surface area contributed by atoms with Gasteiger partial charge in [-0.05, 0) is 48.4 Å². The number of urea groups is 1. The van der Waals surface area contributed by atoms with Crippen LogP contribution in [0.2, 0.25) is 5.02 Å². The lowest BCUT2D eigenvalue weighted by Crippen LogP contribution is -2.32. The van der Waals surface area contributed by atoms with Crippen LogP contribution in [0, 0.1) is 5.82 Å². The van der Waals surface area contributed by atoms with Crippen molar-refractivity contribution in [1.82, 2.24) is 5.32 Å². The largest absolute Gasteiger partial charge is 0.331 e. The van der Waals surface area contributed by atoms with Crippen LogP contribution >= 0.6 is 11.6 Å². The summed E-state index contributed by atoms with van der Waals surface area (Å²) in [4.78, 5) is 12.0. The van der Waals surface area contributed by atoms with E-state index in [0.717, 1.165) is 12.0 Å². The number of rotatable bonds is 4. The Kier molecular flexibility index (Phi) is 5.17. The lowest BCUT2D eigenvalue weighted by atomic mass is 10.1. The average Bonchev–Trinajstić information content (AvgIpc) is 2.48. The molecule has 5 heteroatoms. The van der Waals surface area contributed by atoms with Gasteiger partial charge in [0.15, 0.2) is 0 Å². The van der Waals surface area contributed by atoms with Crippen molar-refractivity contribution in [3.63, 3.8) is 0 Å². The highest BCUT2D eigenvalue weighted by Gasteiger charge is 2.12. The molecule has 1 atom stereocenters. The smallest absolute Gasteiger partial charge is 0.319 e. The maximum absolute atomic E-state index is 12.8. The number of anilines is 1. The molecule has 2 N–H and O–H groups in total. The number of carbonyl (C=O) groups excluding carboxylic acids is 1. The minimum Gasteiger partial charge on any atom is -0.331 e. The molecule has 0 aliphatic carbocycles. The summed E-state index contributed by atoms with van der Waals surface area (Å²) in [7, 11) is 0. The van der Waals surface area contributed by atoms with Crippen molar-refractivity contribution >= 4 is 23.3 Å². The predicted molar refractivity (Wildman–Crippen MR) is 83.0 cm³/mol. The Morgan fingerprint density at radius 3 is 2.33 bits per heavy atom. The zero-order chi connectivity index (χ0) is 15.2. The van der Waals surface area contributed by atoms with Gasteiger partial charge in [0.2, 0.25) is 0 Å². The topological polar surface area (TPSA) is 41.1 Å². The second-order valence-corrected chi connectivity index (χ2v) is 5.05. The summed E-state index contributed by atoms with van der Waals surface area (Å²) in [5.74, 6) is -0.339. The van der Waals surface area contributed by atoms with Crippen molar-refractivity contribution in [2.75, 3.05) is 5.32 Å². The summed E-state index contributed by atoms with van der Waals surface area (Å²) < 4.78 is 12.8. The highest BCUT2D eigenvalue weighted by Crippen LogP contribution is 2.19. The number of halogens is 2. The van der Waals surface area contributed by atoms with Gasteiger partial charge in [0.25, 0.3) is 0 Å². The van der Waals surface area contributed by atoms with Crippen molar-refractivity contribution in [3.05, 3.63) is 64.9 Å². The van der Waals surface area contributed by atoms with E-state index in [1.165, 1.54) is 24.3 Å². The quantitative estimate of drug-likeness (QED) is 0.840. The summed E-state index contributed by atoms with van der Waals surface area (Å²) in [5.41, 5.74) is 1.52. The van der Waals surface area contributed by atoms with E-state index in [9.17, 15) is 9.18 Å². The fraction of sp³-hybridized carbons (Fsp3) is 0.188. The van der Waals surface area contributed by atoms with Crippen LogP contribution in [-0.2, 0) is 0 Å². The number of hydrogen-bond acceptors (Lipinski definition) is 1. The van der Waals surface area contributed by atoms with Gasteiger partial charge in [0, 0.05) is 10.7 Å². The van der Waals surface area contributed by atoms with Crippen LogP contribution in [0.5, 0.6) is 0 Å². The molecule has 3 nitrogen and oxygen atoms in total. The van der Waals surface area contributed by atoms with Gasteiger partial charge in [-0.25, -0.2) is 9.18 Å². The van der Waals surface area contributed by atoms with Crippen molar-refractivity contribution in [3.8, 4) is 0 Å². The van der Waals surface area contributed by atoms with Crippen molar-refractivity contribution in [2.24, 2.45) is 0 Å². The Morgan fingerprint density at radius 1 is 1.14 bits per heavy atom. The molecule has 0 saturated heterocycles. The van der Waals surface area contributed by atoms with Gasteiger partial charge in [-0.3, -0.25) is 0 Å². The molecule has 2 aromatic carbocycles. The monoisotopic (exact) mass is 306 g/mol. The summed E-state index contributed by atoms with van der Waals surface area (Å²) in [5, 5.41) is 6.21. The molecule has 21 heavy (non-hydrogen) atoms. The fourth-order valence-electron chi connectivity index (χ4n) is 1.97. The van der Waals surface area contributed by atoms with Gasteiger partial charge < -0.3 is 10.6 Å². The Balaban J connectivity index is 1.99. The van der Waals surface area contributed by atoms with Crippen LogP contribution < -0.4 is 10.6 Å². The van der Waals surface area contributed by atoms with E-state index in [0.29, 0.717) is 10.7 Å². The van der Waals surface area contributed by atoms with Crippen LogP contribution in [0.15, 0.2) is 48.5 Å². The van der Waals surface area contributed by atoms with E-state index in [4.69, 9.17) is 11.6 Å². The van der Waals surface area contributed by atoms with Crippen LogP contribution in [0.25, 0.3) is 0 Å². The van der Waals surface area contributed by atoms with Crippen molar-refractivity contribution in [2.45, 2.75) is 19.4 Å². The Hall–Kier alpha value is -2.07. The zero-order valence-electron chi connectivity index (χ0n) is 11.6. The minimum absolute atomic E-state index is 0.109. The molecule has 0 aliphatic rings. The van der Waals surface area contributed by atoms with Gasteiger partial charge in [0.05, 0.1) is 6.04 Å². The van der Waals surface area contributed by atoms with Crippen LogP contribution in [0.1, 0.15) is 24.9 Å². The number of nitrogens with one attached hydrogen (secondary N) is 2. The molecule has 0 unspecified atom stereocenters. The molecule has 2 aromatic rings. The molecule has 0 bridgehead atoms. The second-order valence-electron chi connectivity index (χ2n) is 4.62. The molecule has 0 radical (unpaired) electrons. The summed E-state index contributed by atoms with van der Waals surface area (Å²) in [6.45, 7) is 1.98. The molecule has 2 amide bonds. The number of amides is 2. The second kappa shape index (κ2) is 7.09. The molecular formula is C16H16ClFN2O. The summed E-state index contributed by atoms with van der Waals surface area (Å²) in [6.07, 6.45) is 0.748. The van der Waals surface area contributed by atoms with E-state index in [2.05, 4.69) is 10.6 Å². The molecule has 0 aromatic heterocycles. The first kappa shape index (κ1) is 15.3. The van der Waals surface area contributed by atoms with E-state index in [-0.39, 0.29) is 17.9 Å². The van der Waals surface area contributed by atoms with Gasteiger partial charge in [-0.15, -0.1) is 0 Å². The molecule has 110 valence electrons. The molecular weight excluding hydrogens is 291 g/mol. The lowest BCUT2D eigenvalue weighted by molar-refractivity contribution is 0.248. The van der Waals surface area contributed by atoms with E-state index < -0.39 is 0 Å². The van der Waals surface area contributed by atoms with E-state index in [1.807, 2.05) is 19.1 Å². The lowest BCUT2D eigenvalue weighted by Gasteiger charge is -2.18. The molecule has 0 heterocycles. The molecule has 0 spiro atoms. The van der Waals surface area contributed by atoms with E-state index >= 15 is 0 Å². The van der Waals surface area contributed by atoms with Crippen molar-refractivity contribution < 1.29 is 9.18 Å². The normalized spacial score (nSPS) is 11.8. The Morgan fingerprint density at radius 2 is 1.76 bits per heavy atom. The Bertz CT molecular complexity index is 599. The first-order chi connectivity index (χ1) is 10.1. The summed E-state index contributed by atoms with van der Waals surface area (Å²) in [6, 6.07) is 12.5. The van der Waals surface area contributed by atoms with Crippen LogP contribution in [0.4, 0.5) is 14.9 Å². The first-order valence-electron chi connectivity index (χ1n) is 6.67. The third-order valence-electron chi connectivity index (χ3n) is 3.09. The van der Waals surface area contributed by atoms with Gasteiger partial charge in [0.1, 0.15) is 5.82 Å². The van der Waals surface area contributed by atoms with Crippen LogP contribution in [-0.4, -0.2) is 6.03 Å². The van der Waals surface area contributed by atoms with Gasteiger partial charge in [-0.2, -0.15) is 0 Å². The zero-order valence-corrected chi connectivity index (χ0v) is 12.3. The number of benzene rings is 2. The van der Waals surface area contributed by atoms with Gasteiger partial charge in [-0.1, -0.05) is 30.7 Å². The highest BCUT2D eigenvalue weighted by molar-refractivity contribution is 6.30. The number of carbonyl (C=O) groups is 1. The maximum Gasteiger partial charge on any atom is 0.319 e. The molecule has 0 fully saturated rings. The van der Waals surface area contributed by atoms with E-state index in [1.54, 1.807) is 12.1 Å². The highest BCUT2D eigenvalue weighted by atomic mass is 35.5. The van der Waals surface area contributed by atoms with Gasteiger partial charge >= 0.3 is 6.03 Å². The summed E-state index contributed by atoms with van der Waals surface area (Å²) >= 11 is 5.86. The number of hydrogen-bond donors (Lipinski definition) is 2. The third-order valence-corrected chi connectivity index (χ3v) is 3.34. The predicted octanol–water partition coefficient (Wildman–Crippen LogP) is 4.75. The van der Waals surface area contributed by atoms with Crippen LogP contribution in [0.3, 0.4) is 0 Å². The third kappa shape index (κ3) is 4.46. The molecule has 0 aliphatic heterocycles.